The van der Waals surface area contributed by atoms with E-state index in [2.05, 4.69) is 5.32 Å². The van der Waals surface area contributed by atoms with Gasteiger partial charge >= 0.3 is 5.97 Å². The van der Waals surface area contributed by atoms with E-state index in [9.17, 15) is 14.4 Å². The van der Waals surface area contributed by atoms with Gasteiger partial charge in [0.05, 0.1) is 12.0 Å². The molecule has 0 bridgehead atoms. The predicted octanol–water partition coefficient (Wildman–Crippen LogP) is 5.68. The van der Waals surface area contributed by atoms with Gasteiger partial charge < -0.3 is 15.0 Å². The molecule has 3 aromatic rings. The molecule has 2 atom stereocenters. The first-order valence-electron chi connectivity index (χ1n) is 11.0. The summed E-state index contributed by atoms with van der Waals surface area (Å²) in [4.78, 5) is 41.2. The van der Waals surface area contributed by atoms with Gasteiger partial charge in [-0.05, 0) is 61.5 Å². The van der Waals surface area contributed by atoms with Crippen molar-refractivity contribution in [1.29, 1.82) is 0 Å². The summed E-state index contributed by atoms with van der Waals surface area (Å²) in [5, 5.41) is 5.19. The fourth-order valence-corrected chi connectivity index (χ4v) is 5.16. The van der Waals surface area contributed by atoms with E-state index in [1.807, 2.05) is 48.7 Å². The van der Waals surface area contributed by atoms with E-state index in [-0.39, 0.29) is 12.3 Å². The topological polar surface area (TPSA) is 75.7 Å². The minimum absolute atomic E-state index is 0.0412. The zero-order valence-electron chi connectivity index (χ0n) is 18.9. The summed E-state index contributed by atoms with van der Waals surface area (Å²) in [5.41, 5.74) is 3.12. The standard InChI is InChI=1S/C26H25ClN2O4S/c1-16-8-10-18(11-9-16)29-24(31)13-12-19(25(29)22-7-4-14-34-22)26(32)33-15-23(30)28-21-6-3-5-20(27)17(21)2/h3-11,14,19,25H,12-13,15H2,1-2H3,(H,28,30)/t19-,25-/m0/s1. The van der Waals surface area contributed by atoms with Gasteiger partial charge in [-0.3, -0.25) is 14.4 Å². The van der Waals surface area contributed by atoms with Gasteiger partial charge in [0, 0.05) is 27.7 Å². The van der Waals surface area contributed by atoms with Crippen LogP contribution in [0.25, 0.3) is 0 Å². The maximum absolute atomic E-state index is 13.2. The van der Waals surface area contributed by atoms with Crippen molar-refractivity contribution < 1.29 is 19.1 Å². The van der Waals surface area contributed by atoms with Crippen LogP contribution in [-0.4, -0.2) is 24.4 Å². The van der Waals surface area contributed by atoms with Crippen LogP contribution in [0.3, 0.4) is 0 Å². The second kappa shape index (κ2) is 10.4. The number of halogens is 1. The molecule has 4 rings (SSSR count). The lowest BCUT2D eigenvalue weighted by Crippen LogP contribution is -2.46. The Morgan fingerprint density at radius 2 is 1.88 bits per heavy atom. The highest BCUT2D eigenvalue weighted by atomic mass is 35.5. The Kier molecular flexibility index (Phi) is 7.34. The molecule has 0 aliphatic carbocycles. The number of thiophene rings is 1. The molecule has 1 aliphatic heterocycles. The number of esters is 1. The molecule has 176 valence electrons. The van der Waals surface area contributed by atoms with Crippen molar-refractivity contribution >= 4 is 52.1 Å². The van der Waals surface area contributed by atoms with Crippen LogP contribution < -0.4 is 10.2 Å². The number of nitrogens with one attached hydrogen (secondary N) is 1. The Hall–Kier alpha value is -3.16. The summed E-state index contributed by atoms with van der Waals surface area (Å²) in [5.74, 6) is -1.58. The number of anilines is 2. The van der Waals surface area contributed by atoms with Crippen LogP contribution in [0.5, 0.6) is 0 Å². The van der Waals surface area contributed by atoms with Crippen LogP contribution in [0.15, 0.2) is 60.0 Å². The molecule has 34 heavy (non-hydrogen) atoms. The Bertz CT molecular complexity index is 1190. The monoisotopic (exact) mass is 496 g/mol. The van der Waals surface area contributed by atoms with Crippen molar-refractivity contribution in [3.8, 4) is 0 Å². The Labute approximate surface area is 207 Å². The minimum atomic E-state index is -0.585. The fraction of sp³-hybridized carbons (Fsp3) is 0.269. The molecule has 0 unspecified atom stereocenters. The van der Waals surface area contributed by atoms with Gasteiger partial charge in [0.1, 0.15) is 0 Å². The average molecular weight is 497 g/mol. The molecule has 0 radical (unpaired) electrons. The molecule has 1 saturated heterocycles. The van der Waals surface area contributed by atoms with Crippen molar-refractivity contribution in [3.05, 3.63) is 81.0 Å². The zero-order valence-corrected chi connectivity index (χ0v) is 20.5. The predicted molar refractivity (Wildman–Crippen MR) is 134 cm³/mol. The average Bonchev–Trinajstić information content (AvgIpc) is 3.36. The molecule has 1 aliphatic rings. The lowest BCUT2D eigenvalue weighted by atomic mass is 9.87. The Morgan fingerprint density at radius 3 is 2.59 bits per heavy atom. The summed E-state index contributed by atoms with van der Waals surface area (Å²) in [6.07, 6.45) is 0.584. The number of hydrogen-bond acceptors (Lipinski definition) is 5. The summed E-state index contributed by atoms with van der Waals surface area (Å²) in [6.45, 7) is 3.36. The van der Waals surface area contributed by atoms with Gasteiger partial charge in [-0.25, -0.2) is 0 Å². The number of aryl methyl sites for hydroxylation is 1. The van der Waals surface area contributed by atoms with Crippen LogP contribution in [0.1, 0.15) is 34.9 Å². The highest BCUT2D eigenvalue weighted by Crippen LogP contribution is 2.42. The van der Waals surface area contributed by atoms with E-state index < -0.39 is 30.4 Å². The Morgan fingerprint density at radius 1 is 1.12 bits per heavy atom. The van der Waals surface area contributed by atoms with Gasteiger partial charge in [-0.15, -0.1) is 11.3 Å². The van der Waals surface area contributed by atoms with Crippen LogP contribution in [0, 0.1) is 19.8 Å². The maximum atomic E-state index is 13.2. The number of amides is 2. The first kappa shape index (κ1) is 24.0. The normalized spacial score (nSPS) is 18.0. The van der Waals surface area contributed by atoms with Crippen LogP contribution in [0.2, 0.25) is 5.02 Å². The van der Waals surface area contributed by atoms with Gasteiger partial charge in [-0.1, -0.05) is 41.4 Å². The van der Waals surface area contributed by atoms with E-state index in [1.54, 1.807) is 30.0 Å². The summed E-state index contributed by atoms with van der Waals surface area (Å²) in [7, 11) is 0. The molecular formula is C26H25ClN2O4S. The Balaban J connectivity index is 1.51. The maximum Gasteiger partial charge on any atom is 0.311 e. The fourth-order valence-electron chi connectivity index (χ4n) is 4.11. The molecule has 6 nitrogen and oxygen atoms in total. The number of benzene rings is 2. The second-order valence-corrected chi connectivity index (χ2v) is 9.66. The molecule has 1 aromatic heterocycles. The van der Waals surface area contributed by atoms with Gasteiger partial charge in [0.25, 0.3) is 5.91 Å². The number of nitrogens with zero attached hydrogens (tertiary/aromatic N) is 1. The van der Waals surface area contributed by atoms with Crippen LogP contribution in [-0.2, 0) is 19.1 Å². The minimum Gasteiger partial charge on any atom is -0.455 e. The molecular weight excluding hydrogens is 472 g/mol. The van der Waals surface area contributed by atoms with E-state index in [1.165, 1.54) is 11.3 Å². The van der Waals surface area contributed by atoms with Crippen molar-refractivity contribution in [3.63, 3.8) is 0 Å². The number of rotatable bonds is 6. The SMILES string of the molecule is Cc1ccc(N2C(=O)CC[C@H](C(=O)OCC(=O)Nc3cccc(Cl)c3C)[C@H]2c2cccs2)cc1. The number of carbonyl (C=O) groups is 3. The lowest BCUT2D eigenvalue weighted by molar-refractivity contribution is -0.153. The third kappa shape index (κ3) is 5.16. The van der Waals surface area contributed by atoms with Crippen LogP contribution >= 0.6 is 22.9 Å². The molecule has 2 amide bonds. The molecule has 8 heteroatoms. The number of ether oxygens (including phenoxy) is 1. The van der Waals surface area contributed by atoms with Gasteiger partial charge in [0.2, 0.25) is 5.91 Å². The highest BCUT2D eigenvalue weighted by Gasteiger charge is 2.43. The molecule has 0 spiro atoms. The van der Waals surface area contributed by atoms with E-state index in [0.717, 1.165) is 21.7 Å². The van der Waals surface area contributed by atoms with Crippen molar-refractivity contribution in [2.24, 2.45) is 5.92 Å². The van der Waals surface area contributed by atoms with E-state index in [0.29, 0.717) is 17.1 Å². The molecule has 0 saturated carbocycles. The summed E-state index contributed by atoms with van der Waals surface area (Å²) < 4.78 is 5.44. The quantitative estimate of drug-likeness (QED) is 0.445. The van der Waals surface area contributed by atoms with E-state index >= 15 is 0 Å². The van der Waals surface area contributed by atoms with Gasteiger partial charge in [0.15, 0.2) is 6.61 Å². The smallest absolute Gasteiger partial charge is 0.311 e. The summed E-state index contributed by atoms with van der Waals surface area (Å²) >= 11 is 7.60. The molecule has 1 fully saturated rings. The third-order valence-corrected chi connectivity index (χ3v) is 7.29. The second-order valence-electron chi connectivity index (χ2n) is 8.27. The zero-order chi connectivity index (χ0) is 24.2. The van der Waals surface area contributed by atoms with E-state index in [4.69, 9.17) is 16.3 Å². The van der Waals surface area contributed by atoms with Crippen molar-refractivity contribution in [2.45, 2.75) is 32.7 Å². The molecule has 1 N–H and O–H groups in total. The first-order chi connectivity index (χ1) is 16.3. The molecule has 2 aromatic carbocycles. The largest absolute Gasteiger partial charge is 0.455 e. The number of carbonyl (C=O) groups excluding carboxylic acids is 3. The lowest BCUT2D eigenvalue weighted by Gasteiger charge is -2.39. The first-order valence-corrected chi connectivity index (χ1v) is 12.2. The number of piperidine rings is 1. The third-order valence-electron chi connectivity index (χ3n) is 5.93. The van der Waals surface area contributed by atoms with Gasteiger partial charge in [-0.2, -0.15) is 0 Å². The number of hydrogen-bond donors (Lipinski definition) is 1. The highest BCUT2D eigenvalue weighted by molar-refractivity contribution is 7.10. The van der Waals surface area contributed by atoms with Crippen LogP contribution in [0.4, 0.5) is 11.4 Å². The van der Waals surface area contributed by atoms with Crippen molar-refractivity contribution in [1.82, 2.24) is 0 Å². The van der Waals surface area contributed by atoms with Crippen molar-refractivity contribution in [2.75, 3.05) is 16.8 Å². The summed E-state index contributed by atoms with van der Waals surface area (Å²) in [6, 6.07) is 16.2. The molecule has 2 heterocycles.